The van der Waals surface area contributed by atoms with Crippen molar-refractivity contribution < 1.29 is 17.9 Å². The first kappa shape index (κ1) is 31.8. The van der Waals surface area contributed by atoms with Crippen LogP contribution in [0.25, 0.3) is 0 Å². The molecular formula is C38H54N2O4S. The number of sulfonamides is 1. The van der Waals surface area contributed by atoms with Gasteiger partial charge in [0.15, 0.2) is 5.78 Å². The van der Waals surface area contributed by atoms with E-state index in [0.29, 0.717) is 54.9 Å². The summed E-state index contributed by atoms with van der Waals surface area (Å²) in [5.41, 5.74) is 5.85. The third kappa shape index (κ3) is 5.83. The Kier molecular flexibility index (Phi) is 8.49. The van der Waals surface area contributed by atoms with E-state index in [1.807, 2.05) is 36.4 Å². The molecule has 1 aromatic rings. The van der Waals surface area contributed by atoms with Crippen LogP contribution >= 0.6 is 0 Å². The maximum atomic E-state index is 12.8. The fraction of sp³-hybridized carbons (Fsp3) is 0.711. The van der Waals surface area contributed by atoms with Crippen molar-refractivity contribution in [1.29, 1.82) is 0 Å². The summed E-state index contributed by atoms with van der Waals surface area (Å²) in [4.78, 5) is 14.8. The van der Waals surface area contributed by atoms with Gasteiger partial charge < -0.3 is 4.74 Å². The number of fused-ring (bicyclic) bond motifs is 6. The van der Waals surface area contributed by atoms with Crippen LogP contribution in [-0.4, -0.2) is 62.2 Å². The maximum Gasteiger partial charge on any atom is 0.211 e. The molecule has 1 spiro atoms. The average molecular weight is 635 g/mol. The van der Waals surface area contributed by atoms with Crippen molar-refractivity contribution in [2.24, 2.45) is 35.0 Å². The predicted octanol–water partition coefficient (Wildman–Crippen LogP) is 6.47. The van der Waals surface area contributed by atoms with Gasteiger partial charge in [0.25, 0.3) is 0 Å². The Morgan fingerprint density at radius 1 is 1.09 bits per heavy atom. The van der Waals surface area contributed by atoms with Crippen LogP contribution in [-0.2, 0) is 26.0 Å². The smallest absolute Gasteiger partial charge is 0.211 e. The Labute approximate surface area is 271 Å². The lowest BCUT2D eigenvalue weighted by molar-refractivity contribution is -0.116. The molecule has 2 heterocycles. The number of carbonyl (C=O) groups is 1. The second-order valence-electron chi connectivity index (χ2n) is 16.0. The van der Waals surface area contributed by atoms with E-state index >= 15 is 0 Å². The van der Waals surface area contributed by atoms with Crippen LogP contribution in [0.1, 0.15) is 91.0 Å². The zero-order valence-electron chi connectivity index (χ0n) is 27.9. The molecule has 6 aliphatic rings. The normalized spacial score (nSPS) is 40.0. The zero-order valence-corrected chi connectivity index (χ0v) is 28.7. The van der Waals surface area contributed by atoms with Gasteiger partial charge in [0, 0.05) is 38.0 Å². The summed E-state index contributed by atoms with van der Waals surface area (Å²) in [5.74, 6) is 3.44. The fourth-order valence-electron chi connectivity index (χ4n) is 11.1. The molecule has 246 valence electrons. The van der Waals surface area contributed by atoms with Crippen molar-refractivity contribution in [2.75, 3.05) is 25.4 Å². The van der Waals surface area contributed by atoms with E-state index in [2.05, 4.69) is 37.3 Å². The van der Waals surface area contributed by atoms with Gasteiger partial charge in [0.05, 0.1) is 17.5 Å². The Morgan fingerprint density at radius 3 is 2.69 bits per heavy atom. The van der Waals surface area contributed by atoms with E-state index in [9.17, 15) is 13.2 Å². The monoisotopic (exact) mass is 634 g/mol. The average Bonchev–Trinajstić information content (AvgIpc) is 3.47. The topological polar surface area (TPSA) is 75.7 Å². The highest BCUT2D eigenvalue weighted by atomic mass is 32.2. The Balaban J connectivity index is 1.03. The molecule has 0 aromatic heterocycles. The van der Waals surface area contributed by atoms with Crippen LogP contribution in [0.15, 0.2) is 53.1 Å². The van der Waals surface area contributed by atoms with Gasteiger partial charge in [-0.05, 0) is 105 Å². The lowest BCUT2D eigenvalue weighted by Gasteiger charge is -2.48. The molecule has 7 heteroatoms. The highest BCUT2D eigenvalue weighted by molar-refractivity contribution is 7.89. The first-order valence-electron chi connectivity index (χ1n) is 17.8. The van der Waals surface area contributed by atoms with E-state index < -0.39 is 10.0 Å². The van der Waals surface area contributed by atoms with Crippen molar-refractivity contribution >= 4 is 15.8 Å². The highest BCUT2D eigenvalue weighted by Crippen LogP contribution is 2.64. The van der Waals surface area contributed by atoms with Gasteiger partial charge in [-0.1, -0.05) is 67.8 Å². The minimum Gasteiger partial charge on any atom is -0.369 e. The predicted molar refractivity (Wildman–Crippen MR) is 179 cm³/mol. The number of nitrogens with one attached hydrogen (secondary N) is 1. The van der Waals surface area contributed by atoms with Crippen molar-refractivity contribution in [3.63, 3.8) is 0 Å². The number of aryl methyl sites for hydroxylation is 1. The van der Waals surface area contributed by atoms with E-state index in [0.717, 1.165) is 56.7 Å². The summed E-state index contributed by atoms with van der Waals surface area (Å²) in [5, 5.41) is 0. The number of hydrogen-bond donors (Lipinski definition) is 1. The van der Waals surface area contributed by atoms with Gasteiger partial charge in [-0.25, -0.2) is 13.1 Å². The van der Waals surface area contributed by atoms with Crippen LogP contribution in [0.5, 0.6) is 0 Å². The van der Waals surface area contributed by atoms with E-state index in [1.165, 1.54) is 24.8 Å². The van der Waals surface area contributed by atoms with Gasteiger partial charge in [-0.3, -0.25) is 9.69 Å². The summed E-state index contributed by atoms with van der Waals surface area (Å²) in [6.45, 7) is 11.8. The Morgan fingerprint density at radius 2 is 1.89 bits per heavy atom. The minimum atomic E-state index is -3.34. The second kappa shape index (κ2) is 12.0. The Hall–Kier alpha value is -1.80. The number of hydrogen-bond acceptors (Lipinski definition) is 5. The number of ketones is 1. The molecule has 1 aromatic carbocycles. The number of benzene rings is 1. The largest absolute Gasteiger partial charge is 0.369 e. The van der Waals surface area contributed by atoms with E-state index in [-0.39, 0.29) is 22.9 Å². The van der Waals surface area contributed by atoms with Gasteiger partial charge in [0.1, 0.15) is 0 Å². The number of carbonyl (C=O) groups excluding carboxylic acids is 1. The number of rotatable bonds is 7. The number of allylic oxidation sites excluding steroid dienone is 3. The fourth-order valence-corrected chi connectivity index (χ4v) is 12.1. The molecule has 9 atom stereocenters. The lowest BCUT2D eigenvalue weighted by Crippen LogP contribution is -2.53. The molecule has 2 saturated carbocycles. The third-order valence-corrected chi connectivity index (χ3v) is 14.8. The minimum absolute atomic E-state index is 0.119. The first-order chi connectivity index (χ1) is 21.5. The maximum absolute atomic E-state index is 12.8. The Bertz CT molecular complexity index is 1470. The van der Waals surface area contributed by atoms with E-state index in [1.54, 1.807) is 11.1 Å². The van der Waals surface area contributed by atoms with E-state index in [4.69, 9.17) is 4.74 Å². The van der Waals surface area contributed by atoms with Crippen molar-refractivity contribution in [3.05, 3.63) is 58.7 Å². The number of ether oxygens (including phenoxy) is 1. The quantitative estimate of drug-likeness (QED) is 0.348. The molecule has 1 N–H and O–H groups in total. The highest BCUT2D eigenvalue weighted by Gasteiger charge is 2.59. The van der Waals surface area contributed by atoms with Crippen molar-refractivity contribution in [2.45, 2.75) is 110 Å². The molecule has 0 radical (unpaired) electrons. The molecule has 2 aliphatic heterocycles. The number of likely N-dealkylation sites (tertiary alicyclic amines) is 1. The van der Waals surface area contributed by atoms with Crippen molar-refractivity contribution in [1.82, 2.24) is 9.62 Å². The molecule has 6 nitrogen and oxygen atoms in total. The van der Waals surface area contributed by atoms with Gasteiger partial charge in [0.2, 0.25) is 10.0 Å². The van der Waals surface area contributed by atoms with Crippen LogP contribution in [0, 0.1) is 35.0 Å². The summed E-state index contributed by atoms with van der Waals surface area (Å²) >= 11 is 0. The molecule has 0 amide bonds. The number of piperidine rings is 1. The summed E-state index contributed by atoms with van der Waals surface area (Å²) in [7, 11) is -3.34. The van der Waals surface area contributed by atoms with Gasteiger partial charge in [-0.2, -0.15) is 0 Å². The molecule has 0 bridgehead atoms. The van der Waals surface area contributed by atoms with Crippen LogP contribution in [0.4, 0.5) is 0 Å². The molecule has 2 saturated heterocycles. The molecule has 1 unspecified atom stereocenters. The molecule has 45 heavy (non-hydrogen) atoms. The van der Waals surface area contributed by atoms with Crippen molar-refractivity contribution in [3.8, 4) is 0 Å². The van der Waals surface area contributed by atoms with Gasteiger partial charge in [-0.15, -0.1) is 0 Å². The standard InChI is InChI=1S/C38H54N2O4S/c1-25-20-35-36(40(24-25)18-17-39-45(42,43)19-14-28-8-6-5-7-9-28)27(3)38(44-35)16-13-31-32-11-10-29-21-30(41)12-15-37(29,4)34(32)22-33(31)26(2)23-38/h5-9,21,25,27,31-32,34-36,39H,10-20,22-24H2,1-4H3/t25-,27+,31-,32-,34-,35+,36-,37-,38?/m0/s1. The molecule has 7 rings (SSSR count). The summed E-state index contributed by atoms with van der Waals surface area (Å²) in [6, 6.07) is 10.2. The summed E-state index contributed by atoms with van der Waals surface area (Å²) < 4.78 is 35.9. The first-order valence-corrected chi connectivity index (χ1v) is 19.5. The van der Waals surface area contributed by atoms with Crippen LogP contribution < -0.4 is 4.72 Å². The molecular weight excluding hydrogens is 580 g/mol. The molecule has 4 aliphatic carbocycles. The van der Waals surface area contributed by atoms with Crippen LogP contribution in [0.3, 0.4) is 0 Å². The zero-order chi connectivity index (χ0) is 31.6. The third-order valence-electron chi connectivity index (χ3n) is 13.4. The SMILES string of the molecule is CC1=C2C[C@H]3[C@@H](CCC4=CC(=O)CC[C@@]43C)[C@@H]2CCC2(C1)O[C@@H]1C[C@H](C)CN(CCNS(=O)(=O)CCc3ccccc3)[C@H]1[C@H]2C. The van der Waals surface area contributed by atoms with Gasteiger partial charge >= 0.3 is 0 Å². The number of nitrogens with zero attached hydrogens (tertiary/aromatic N) is 1. The second-order valence-corrected chi connectivity index (χ2v) is 17.9. The lowest BCUT2D eigenvalue weighted by atomic mass is 9.56. The molecule has 4 fully saturated rings. The van der Waals surface area contributed by atoms with Crippen LogP contribution in [0.2, 0.25) is 0 Å². The summed E-state index contributed by atoms with van der Waals surface area (Å²) in [6.07, 6.45) is 12.5.